The molecule has 1 aliphatic carbocycles. The molecule has 1 aromatic carbocycles. The van der Waals surface area contributed by atoms with Crippen LogP contribution >= 0.6 is 0 Å². The number of methoxy groups -OCH3 is 1. The van der Waals surface area contributed by atoms with Crippen LogP contribution in [0.25, 0.3) is 0 Å². The maximum atomic E-state index is 13.2. The van der Waals surface area contributed by atoms with Crippen molar-refractivity contribution in [3.05, 3.63) is 52.4 Å². The molecule has 7 nitrogen and oxygen atoms in total. The van der Waals surface area contributed by atoms with E-state index in [1.54, 1.807) is 7.11 Å². The first-order chi connectivity index (χ1) is 16.1. The van der Waals surface area contributed by atoms with Gasteiger partial charge < -0.3 is 24.8 Å². The largest absolute Gasteiger partial charge is 0.497 e. The number of hydrogen-bond acceptors (Lipinski definition) is 4. The number of carbonyl (C=O) groups is 1. The Morgan fingerprint density at radius 3 is 2.58 bits per heavy atom. The fraction of sp³-hybridized carbons (Fsp3) is 0.538. The van der Waals surface area contributed by atoms with Crippen LogP contribution in [0.4, 0.5) is 16.2 Å². The molecule has 2 aromatic rings. The van der Waals surface area contributed by atoms with Gasteiger partial charge in [-0.1, -0.05) is 19.3 Å². The highest BCUT2D eigenvalue weighted by atomic mass is 16.5. The molecule has 0 radical (unpaired) electrons. The van der Waals surface area contributed by atoms with Crippen LogP contribution in [0.3, 0.4) is 0 Å². The summed E-state index contributed by atoms with van der Waals surface area (Å²) >= 11 is 0. The maximum Gasteiger partial charge on any atom is 0.321 e. The topological polar surface area (TPSA) is 75.6 Å². The first-order valence-electron chi connectivity index (χ1n) is 12.3. The van der Waals surface area contributed by atoms with Crippen LogP contribution in [0, 0.1) is 11.8 Å². The fourth-order valence-electron chi connectivity index (χ4n) is 5.77. The second-order valence-corrected chi connectivity index (χ2v) is 9.83. The second-order valence-electron chi connectivity index (χ2n) is 9.83. The number of urea groups is 1. The molecule has 2 amide bonds. The van der Waals surface area contributed by atoms with E-state index < -0.39 is 0 Å². The maximum absolute atomic E-state index is 13.2. The van der Waals surface area contributed by atoms with Gasteiger partial charge in [-0.05, 0) is 67.5 Å². The lowest BCUT2D eigenvalue weighted by Crippen LogP contribution is -2.50. The lowest BCUT2D eigenvalue weighted by atomic mass is 9.83. The summed E-state index contributed by atoms with van der Waals surface area (Å²) in [5.74, 6) is 1.93. The quantitative estimate of drug-likeness (QED) is 0.703. The van der Waals surface area contributed by atoms with E-state index in [4.69, 9.17) is 4.74 Å². The number of rotatable bonds is 5. The predicted octanol–water partition coefficient (Wildman–Crippen LogP) is 4.50. The predicted molar refractivity (Wildman–Crippen MR) is 130 cm³/mol. The number of piperidine rings is 1. The molecular formula is C26H34N4O3. The molecule has 3 heterocycles. The van der Waals surface area contributed by atoms with Gasteiger partial charge in [-0.15, -0.1) is 0 Å². The van der Waals surface area contributed by atoms with Gasteiger partial charge in [0.1, 0.15) is 11.4 Å². The average Bonchev–Trinajstić information content (AvgIpc) is 2.85. The Morgan fingerprint density at radius 1 is 1.03 bits per heavy atom. The van der Waals surface area contributed by atoms with Crippen molar-refractivity contribution < 1.29 is 9.53 Å². The molecule has 3 aliphatic rings. The van der Waals surface area contributed by atoms with Crippen molar-refractivity contribution in [3.63, 3.8) is 0 Å². The van der Waals surface area contributed by atoms with Crippen molar-refractivity contribution in [1.29, 1.82) is 0 Å². The molecule has 1 saturated heterocycles. The second kappa shape index (κ2) is 9.49. The van der Waals surface area contributed by atoms with Gasteiger partial charge >= 0.3 is 6.03 Å². The lowest BCUT2D eigenvalue weighted by Gasteiger charge is -2.42. The zero-order chi connectivity index (χ0) is 22.8. The van der Waals surface area contributed by atoms with Crippen LogP contribution in [0.1, 0.15) is 50.1 Å². The van der Waals surface area contributed by atoms with Crippen molar-refractivity contribution in [1.82, 2.24) is 9.47 Å². The third-order valence-electron chi connectivity index (χ3n) is 7.54. The third kappa shape index (κ3) is 4.72. The van der Waals surface area contributed by atoms with Crippen molar-refractivity contribution >= 4 is 17.4 Å². The van der Waals surface area contributed by atoms with Gasteiger partial charge in [-0.3, -0.25) is 4.79 Å². The number of anilines is 2. The molecule has 2 atom stereocenters. The molecule has 2 unspecified atom stereocenters. The number of nitrogens with zero attached hydrogens (tertiary/aromatic N) is 2. The Kier molecular flexibility index (Phi) is 6.29. The van der Waals surface area contributed by atoms with Crippen LogP contribution in [0.15, 0.2) is 41.2 Å². The normalized spacial score (nSPS) is 22.4. The molecular weight excluding hydrogens is 416 g/mol. The zero-order valence-electron chi connectivity index (χ0n) is 19.4. The molecule has 33 heavy (non-hydrogen) atoms. The Labute approximate surface area is 195 Å². The number of amides is 2. The number of aromatic nitrogens is 1. The van der Waals surface area contributed by atoms with E-state index in [2.05, 4.69) is 16.7 Å². The first-order valence-corrected chi connectivity index (χ1v) is 12.3. The minimum absolute atomic E-state index is 0.0866. The standard InChI is InChI=1S/C26H34N4O3/c1-33-22-9-7-21(8-10-22)28-26(32)29-15-19-13-20(17-29)24-12-11-23(25(31)30(24)16-19)27-14-18-5-3-2-4-6-18/h7-12,18-20,27H,2-6,13-17H2,1H3,(H,28,32). The number of nitrogens with one attached hydrogen (secondary N) is 2. The van der Waals surface area contributed by atoms with E-state index in [1.165, 1.54) is 32.1 Å². The summed E-state index contributed by atoms with van der Waals surface area (Å²) in [4.78, 5) is 28.0. The number of fused-ring (bicyclic) bond motifs is 4. The first kappa shape index (κ1) is 21.9. The highest BCUT2D eigenvalue weighted by Gasteiger charge is 2.36. The van der Waals surface area contributed by atoms with Gasteiger partial charge in [0, 0.05) is 43.5 Å². The Bertz CT molecular complexity index is 1040. The van der Waals surface area contributed by atoms with Crippen LogP contribution in [-0.2, 0) is 6.54 Å². The van der Waals surface area contributed by atoms with E-state index in [-0.39, 0.29) is 17.5 Å². The summed E-state index contributed by atoms with van der Waals surface area (Å²) in [6.45, 7) is 2.87. The van der Waals surface area contributed by atoms with E-state index in [0.29, 0.717) is 31.5 Å². The monoisotopic (exact) mass is 450 g/mol. The molecule has 1 aromatic heterocycles. The summed E-state index contributed by atoms with van der Waals surface area (Å²) in [6, 6.07) is 11.3. The molecule has 7 heteroatoms. The van der Waals surface area contributed by atoms with Crippen LogP contribution in [0.5, 0.6) is 5.75 Å². The van der Waals surface area contributed by atoms with E-state index >= 15 is 0 Å². The minimum Gasteiger partial charge on any atom is -0.497 e. The number of ether oxygens (including phenoxy) is 1. The minimum atomic E-state index is -0.0866. The fourth-order valence-corrected chi connectivity index (χ4v) is 5.77. The Morgan fingerprint density at radius 2 is 1.82 bits per heavy atom. The van der Waals surface area contributed by atoms with E-state index in [1.807, 2.05) is 39.8 Å². The van der Waals surface area contributed by atoms with E-state index in [0.717, 1.165) is 35.8 Å². The number of pyridine rings is 1. The molecule has 5 rings (SSSR count). The van der Waals surface area contributed by atoms with Crippen LogP contribution in [-0.4, -0.2) is 42.2 Å². The van der Waals surface area contributed by atoms with Gasteiger partial charge in [0.25, 0.3) is 5.56 Å². The molecule has 1 saturated carbocycles. The van der Waals surface area contributed by atoms with Crippen LogP contribution in [0.2, 0.25) is 0 Å². The van der Waals surface area contributed by atoms with Gasteiger partial charge in [0.15, 0.2) is 0 Å². The third-order valence-corrected chi connectivity index (χ3v) is 7.54. The van der Waals surface area contributed by atoms with Gasteiger partial charge in [-0.2, -0.15) is 0 Å². The van der Waals surface area contributed by atoms with Crippen LogP contribution < -0.4 is 20.9 Å². The van der Waals surface area contributed by atoms with Crippen molar-refractivity contribution in [3.8, 4) is 5.75 Å². The molecule has 2 aliphatic heterocycles. The number of hydrogen-bond donors (Lipinski definition) is 2. The summed E-state index contributed by atoms with van der Waals surface area (Å²) in [7, 11) is 1.62. The molecule has 2 bridgehead atoms. The summed E-state index contributed by atoms with van der Waals surface area (Å²) in [6.07, 6.45) is 7.51. The highest BCUT2D eigenvalue weighted by molar-refractivity contribution is 5.89. The molecule has 2 fully saturated rings. The molecule has 176 valence electrons. The van der Waals surface area contributed by atoms with Crippen molar-refractivity contribution in [2.24, 2.45) is 11.8 Å². The zero-order valence-corrected chi connectivity index (χ0v) is 19.4. The number of carbonyl (C=O) groups excluding carboxylic acids is 1. The van der Waals surface area contributed by atoms with Crippen molar-refractivity contribution in [2.45, 2.75) is 51.0 Å². The average molecular weight is 451 g/mol. The molecule has 0 spiro atoms. The highest BCUT2D eigenvalue weighted by Crippen LogP contribution is 2.36. The van der Waals surface area contributed by atoms with Gasteiger partial charge in [0.2, 0.25) is 0 Å². The van der Waals surface area contributed by atoms with Gasteiger partial charge in [0.05, 0.1) is 7.11 Å². The Hall–Kier alpha value is -2.96. The molecule has 2 N–H and O–H groups in total. The summed E-state index contributed by atoms with van der Waals surface area (Å²) in [5.41, 5.74) is 2.62. The summed E-state index contributed by atoms with van der Waals surface area (Å²) < 4.78 is 7.14. The number of benzene rings is 1. The smallest absolute Gasteiger partial charge is 0.321 e. The SMILES string of the molecule is COc1ccc(NC(=O)N2CC3CC(C2)c2ccc(NCC4CCCCC4)c(=O)n2C3)cc1. The number of likely N-dealkylation sites (tertiary alicyclic amines) is 1. The van der Waals surface area contributed by atoms with Gasteiger partial charge in [-0.25, -0.2) is 4.79 Å². The van der Waals surface area contributed by atoms with Crippen molar-refractivity contribution in [2.75, 3.05) is 37.4 Å². The lowest BCUT2D eigenvalue weighted by molar-refractivity contribution is 0.139. The van der Waals surface area contributed by atoms with E-state index in [9.17, 15) is 9.59 Å². The summed E-state index contributed by atoms with van der Waals surface area (Å²) in [5, 5.41) is 6.44. The Balaban J connectivity index is 1.25.